The van der Waals surface area contributed by atoms with E-state index in [1.54, 1.807) is 0 Å². The van der Waals surface area contributed by atoms with Crippen LogP contribution in [0.5, 0.6) is 23.0 Å². The first-order chi connectivity index (χ1) is 14.7. The van der Waals surface area contributed by atoms with E-state index in [1.165, 1.54) is 59.6 Å². The number of nitrogens with zero attached hydrogens (tertiary/aromatic N) is 2. The van der Waals surface area contributed by atoms with Gasteiger partial charge in [-0.3, -0.25) is 9.59 Å². The van der Waals surface area contributed by atoms with Gasteiger partial charge in [0.25, 0.3) is 5.91 Å². The van der Waals surface area contributed by atoms with Crippen molar-refractivity contribution >= 4 is 46.3 Å². The lowest BCUT2D eigenvalue weighted by Gasteiger charge is -2.14. The minimum atomic E-state index is -1.42. The number of ether oxygens (including phenoxy) is 4. The third-order valence-electron chi connectivity index (χ3n) is 4.07. The number of Topliss-reactive ketones (excluding diaryl/α,β-unsaturated/α-hetero) is 1. The third kappa shape index (κ3) is 5.77. The van der Waals surface area contributed by atoms with Crippen LogP contribution in [0.15, 0.2) is 34.5 Å². The topological polar surface area (TPSA) is 108 Å². The highest BCUT2D eigenvalue weighted by Gasteiger charge is 2.24. The monoisotopic (exact) mass is 469 g/mol. The zero-order valence-corrected chi connectivity index (χ0v) is 19.0. The second kappa shape index (κ2) is 10.8. The molecule has 2 aromatic carbocycles. The number of carbonyl (C=O) groups excluding carboxylic acids is 2. The molecule has 0 saturated heterocycles. The molecule has 0 fully saturated rings. The quantitative estimate of drug-likeness (QED) is 0.420. The van der Waals surface area contributed by atoms with Crippen molar-refractivity contribution in [3.63, 3.8) is 0 Å². The molecule has 0 bridgehead atoms. The highest BCUT2D eigenvalue weighted by molar-refractivity contribution is 6.33. The molecule has 1 N–H and O–H groups in total. The minimum absolute atomic E-state index is 0.218. The van der Waals surface area contributed by atoms with Gasteiger partial charge in [-0.15, -0.1) is 0 Å². The molecule has 0 heterocycles. The number of amides is 1. The summed E-state index contributed by atoms with van der Waals surface area (Å²) in [5, 5.41) is 10.9. The van der Waals surface area contributed by atoms with Crippen LogP contribution in [0, 0.1) is 0 Å². The first kappa shape index (κ1) is 24.2. The minimum Gasteiger partial charge on any atom is -0.495 e. The number of hydrogen-bond acceptors (Lipinski definition) is 8. The molecule has 11 heteroatoms. The molecule has 166 valence electrons. The van der Waals surface area contributed by atoms with E-state index >= 15 is 0 Å². The van der Waals surface area contributed by atoms with Crippen molar-refractivity contribution in [2.24, 2.45) is 10.2 Å². The zero-order valence-electron chi connectivity index (χ0n) is 17.5. The number of benzene rings is 2. The number of carbonyl (C=O) groups is 2. The van der Waals surface area contributed by atoms with Gasteiger partial charge in [-0.1, -0.05) is 23.2 Å². The van der Waals surface area contributed by atoms with E-state index in [1.807, 2.05) is 0 Å². The average molecular weight is 470 g/mol. The van der Waals surface area contributed by atoms with E-state index in [0.29, 0.717) is 28.7 Å². The summed E-state index contributed by atoms with van der Waals surface area (Å²) in [7, 11) is 5.75. The van der Waals surface area contributed by atoms with E-state index in [4.69, 9.17) is 42.1 Å². The van der Waals surface area contributed by atoms with Crippen LogP contribution in [0.2, 0.25) is 10.0 Å². The standard InChI is InChI=1S/C20H21Cl2N3O6/c1-10(26)18(25-24-14-8-12(21)15(28-2)9-16(14)29-3)20(27)23-11-6-13(22)19(31-5)17(7-11)30-4/h6-9,18H,1-5H3,(H,23,27). The fourth-order valence-corrected chi connectivity index (χ4v) is 3.08. The highest BCUT2D eigenvalue weighted by atomic mass is 35.5. The van der Waals surface area contributed by atoms with Crippen LogP contribution in [-0.2, 0) is 9.59 Å². The lowest BCUT2D eigenvalue weighted by molar-refractivity contribution is -0.126. The summed E-state index contributed by atoms with van der Waals surface area (Å²) in [5.41, 5.74) is 0.515. The number of azo groups is 1. The molecule has 2 rings (SSSR count). The Bertz CT molecular complexity index is 1010. The largest absolute Gasteiger partial charge is 0.495 e. The summed E-state index contributed by atoms with van der Waals surface area (Å²) >= 11 is 12.3. The SMILES string of the molecule is COc1cc(OC)c(N=NC(C(C)=O)C(=O)Nc2cc(Cl)c(OC)c(OC)c2)cc1Cl. The number of halogens is 2. The summed E-state index contributed by atoms with van der Waals surface area (Å²) in [5.74, 6) is 0.0740. The zero-order chi connectivity index (χ0) is 23.1. The fourth-order valence-electron chi connectivity index (χ4n) is 2.56. The van der Waals surface area contributed by atoms with Gasteiger partial charge in [0.05, 0.1) is 38.5 Å². The smallest absolute Gasteiger partial charge is 0.258 e. The van der Waals surface area contributed by atoms with Crippen molar-refractivity contribution in [3.8, 4) is 23.0 Å². The Morgan fingerprint density at radius 2 is 1.52 bits per heavy atom. The van der Waals surface area contributed by atoms with Crippen molar-refractivity contribution in [2.75, 3.05) is 33.8 Å². The number of nitrogens with one attached hydrogen (secondary N) is 1. The Morgan fingerprint density at radius 3 is 2.06 bits per heavy atom. The van der Waals surface area contributed by atoms with Crippen molar-refractivity contribution in [1.29, 1.82) is 0 Å². The molecule has 0 saturated carbocycles. The molecule has 0 spiro atoms. The van der Waals surface area contributed by atoms with E-state index in [9.17, 15) is 9.59 Å². The predicted octanol–water partition coefficient (Wildman–Crippen LogP) is 4.71. The molecule has 0 aliphatic heterocycles. The first-order valence-electron chi connectivity index (χ1n) is 8.80. The van der Waals surface area contributed by atoms with Gasteiger partial charge < -0.3 is 24.3 Å². The Morgan fingerprint density at radius 1 is 0.871 bits per heavy atom. The van der Waals surface area contributed by atoms with Crippen molar-refractivity contribution < 1.29 is 28.5 Å². The first-order valence-corrected chi connectivity index (χ1v) is 9.56. The Kier molecular flexibility index (Phi) is 8.47. The molecule has 0 aliphatic rings. The Balaban J connectivity index is 2.31. The molecule has 1 atom stereocenters. The van der Waals surface area contributed by atoms with Crippen LogP contribution in [-0.4, -0.2) is 46.2 Å². The lowest BCUT2D eigenvalue weighted by Crippen LogP contribution is -2.31. The van der Waals surface area contributed by atoms with Gasteiger partial charge in [-0.25, -0.2) is 0 Å². The fraction of sp³-hybridized carbons (Fsp3) is 0.300. The molecular formula is C20H21Cl2N3O6. The van der Waals surface area contributed by atoms with E-state index in [2.05, 4.69) is 15.5 Å². The molecular weight excluding hydrogens is 449 g/mol. The molecule has 9 nitrogen and oxygen atoms in total. The van der Waals surface area contributed by atoms with Crippen LogP contribution in [0.4, 0.5) is 11.4 Å². The second-order valence-corrected chi connectivity index (χ2v) is 6.88. The van der Waals surface area contributed by atoms with Gasteiger partial charge in [0.1, 0.15) is 17.2 Å². The van der Waals surface area contributed by atoms with Gasteiger partial charge in [0, 0.05) is 17.8 Å². The van der Waals surface area contributed by atoms with E-state index in [0.717, 1.165) is 0 Å². The summed E-state index contributed by atoms with van der Waals surface area (Å²) in [6.45, 7) is 1.23. The van der Waals surface area contributed by atoms with Gasteiger partial charge in [-0.05, 0) is 19.1 Å². The summed E-state index contributed by atoms with van der Waals surface area (Å²) < 4.78 is 20.7. The molecule has 0 aliphatic carbocycles. The summed E-state index contributed by atoms with van der Waals surface area (Å²) in [6.07, 6.45) is 0. The second-order valence-electron chi connectivity index (χ2n) is 6.07. The van der Waals surface area contributed by atoms with Crippen LogP contribution in [0.1, 0.15) is 6.92 Å². The van der Waals surface area contributed by atoms with Gasteiger partial charge >= 0.3 is 0 Å². The molecule has 1 unspecified atom stereocenters. The molecule has 1 amide bonds. The van der Waals surface area contributed by atoms with E-state index in [-0.39, 0.29) is 15.7 Å². The van der Waals surface area contributed by atoms with Crippen molar-refractivity contribution in [3.05, 3.63) is 34.3 Å². The number of anilines is 1. The average Bonchev–Trinajstić information content (AvgIpc) is 2.73. The van der Waals surface area contributed by atoms with Crippen LogP contribution < -0.4 is 24.3 Å². The molecule has 0 aromatic heterocycles. The Labute approximate surface area is 189 Å². The maximum absolute atomic E-state index is 12.7. The molecule has 0 radical (unpaired) electrons. The van der Waals surface area contributed by atoms with Crippen molar-refractivity contribution in [2.45, 2.75) is 13.0 Å². The summed E-state index contributed by atoms with van der Waals surface area (Å²) in [6, 6.07) is 4.51. The maximum atomic E-state index is 12.7. The number of hydrogen-bond donors (Lipinski definition) is 1. The normalized spacial score (nSPS) is 11.7. The molecule has 2 aromatic rings. The molecule has 31 heavy (non-hydrogen) atoms. The van der Waals surface area contributed by atoms with Crippen molar-refractivity contribution in [1.82, 2.24) is 0 Å². The highest BCUT2D eigenvalue weighted by Crippen LogP contribution is 2.39. The number of rotatable bonds is 9. The summed E-state index contributed by atoms with van der Waals surface area (Å²) in [4.78, 5) is 24.7. The predicted molar refractivity (Wildman–Crippen MR) is 117 cm³/mol. The number of ketones is 1. The van der Waals surface area contributed by atoms with Crippen LogP contribution >= 0.6 is 23.2 Å². The number of methoxy groups -OCH3 is 4. The van der Waals surface area contributed by atoms with Gasteiger partial charge in [0.2, 0.25) is 6.04 Å². The van der Waals surface area contributed by atoms with Gasteiger partial charge in [0.15, 0.2) is 17.3 Å². The van der Waals surface area contributed by atoms with Crippen LogP contribution in [0.25, 0.3) is 0 Å². The lowest BCUT2D eigenvalue weighted by atomic mass is 10.2. The third-order valence-corrected chi connectivity index (χ3v) is 4.64. The van der Waals surface area contributed by atoms with Gasteiger partial charge in [-0.2, -0.15) is 10.2 Å². The Hall–Kier alpha value is -3.04. The van der Waals surface area contributed by atoms with E-state index < -0.39 is 17.7 Å². The van der Waals surface area contributed by atoms with Crippen LogP contribution in [0.3, 0.4) is 0 Å². The maximum Gasteiger partial charge on any atom is 0.258 e.